The molecule has 2 unspecified atom stereocenters. The van der Waals surface area contributed by atoms with Crippen LogP contribution >= 0.6 is 0 Å². The molecule has 5 heteroatoms. The number of para-hydroxylation sites is 1. The first-order valence-electron chi connectivity index (χ1n) is 6.79. The zero-order valence-electron chi connectivity index (χ0n) is 10.7. The van der Waals surface area contributed by atoms with E-state index in [4.69, 9.17) is 0 Å². The van der Waals surface area contributed by atoms with Gasteiger partial charge in [0.15, 0.2) is 0 Å². The van der Waals surface area contributed by atoms with E-state index in [1.165, 1.54) is 18.9 Å². The smallest absolute Gasteiger partial charge is 0.319 e. The minimum atomic E-state index is -0.414. The van der Waals surface area contributed by atoms with Crippen LogP contribution in [0.4, 0.5) is 14.9 Å². The average Bonchev–Trinajstić information content (AvgIpc) is 2.72. The Morgan fingerprint density at radius 1 is 1.21 bits per heavy atom. The first-order chi connectivity index (χ1) is 9.20. The highest BCUT2D eigenvalue weighted by Gasteiger charge is 2.33. The summed E-state index contributed by atoms with van der Waals surface area (Å²) in [5.41, 5.74) is 0.219. The lowest BCUT2D eigenvalue weighted by Gasteiger charge is -2.29. The normalized spacial score (nSPS) is 29.0. The van der Waals surface area contributed by atoms with Crippen LogP contribution in [0.3, 0.4) is 0 Å². The van der Waals surface area contributed by atoms with Crippen molar-refractivity contribution in [1.82, 2.24) is 10.6 Å². The summed E-state index contributed by atoms with van der Waals surface area (Å²) in [7, 11) is 0. The van der Waals surface area contributed by atoms with E-state index in [9.17, 15) is 9.18 Å². The number of rotatable bonds is 2. The molecule has 2 saturated heterocycles. The van der Waals surface area contributed by atoms with Gasteiger partial charge in [-0.2, -0.15) is 0 Å². The van der Waals surface area contributed by atoms with E-state index in [-0.39, 0.29) is 17.8 Å². The molecule has 2 atom stereocenters. The number of carbonyl (C=O) groups excluding carboxylic acids is 1. The van der Waals surface area contributed by atoms with Crippen molar-refractivity contribution in [3.63, 3.8) is 0 Å². The van der Waals surface area contributed by atoms with Crippen LogP contribution < -0.4 is 16.0 Å². The number of halogens is 1. The van der Waals surface area contributed by atoms with E-state index in [2.05, 4.69) is 16.0 Å². The summed E-state index contributed by atoms with van der Waals surface area (Å²) < 4.78 is 13.4. The lowest BCUT2D eigenvalue weighted by atomic mass is 10.0. The van der Waals surface area contributed by atoms with E-state index in [0.29, 0.717) is 12.1 Å². The maximum atomic E-state index is 13.4. The van der Waals surface area contributed by atoms with Crippen molar-refractivity contribution >= 4 is 11.7 Å². The summed E-state index contributed by atoms with van der Waals surface area (Å²) in [6, 6.07) is 7.10. The van der Waals surface area contributed by atoms with Crippen LogP contribution in [0.5, 0.6) is 0 Å². The summed E-state index contributed by atoms with van der Waals surface area (Å²) in [4.78, 5) is 11.9. The Balaban J connectivity index is 1.56. The van der Waals surface area contributed by atoms with Crippen LogP contribution in [0.2, 0.25) is 0 Å². The molecule has 4 nitrogen and oxygen atoms in total. The molecule has 2 aliphatic heterocycles. The molecule has 2 heterocycles. The van der Waals surface area contributed by atoms with Gasteiger partial charge in [0.1, 0.15) is 5.82 Å². The van der Waals surface area contributed by atoms with Crippen molar-refractivity contribution in [3.05, 3.63) is 30.1 Å². The van der Waals surface area contributed by atoms with Gasteiger partial charge in [-0.25, -0.2) is 9.18 Å². The third-order valence-electron chi connectivity index (χ3n) is 3.93. The number of benzene rings is 1. The molecule has 3 rings (SSSR count). The Hall–Kier alpha value is -1.62. The molecule has 0 spiro atoms. The Morgan fingerprint density at radius 2 is 1.89 bits per heavy atom. The van der Waals surface area contributed by atoms with Gasteiger partial charge in [-0.3, -0.25) is 0 Å². The zero-order valence-corrected chi connectivity index (χ0v) is 10.7. The van der Waals surface area contributed by atoms with E-state index < -0.39 is 5.82 Å². The molecule has 19 heavy (non-hydrogen) atoms. The second-order valence-electron chi connectivity index (χ2n) is 5.38. The minimum Gasteiger partial charge on any atom is -0.335 e. The van der Waals surface area contributed by atoms with E-state index in [0.717, 1.165) is 12.8 Å². The first kappa shape index (κ1) is 12.4. The predicted molar refractivity (Wildman–Crippen MR) is 71.5 cm³/mol. The number of hydrogen-bond acceptors (Lipinski definition) is 2. The van der Waals surface area contributed by atoms with Crippen molar-refractivity contribution in [1.29, 1.82) is 0 Å². The van der Waals surface area contributed by atoms with Gasteiger partial charge in [-0.1, -0.05) is 12.1 Å². The number of nitrogens with one attached hydrogen (secondary N) is 3. The molecule has 2 bridgehead atoms. The number of carbonyl (C=O) groups is 1. The molecular formula is C14H18FN3O. The van der Waals surface area contributed by atoms with Gasteiger partial charge < -0.3 is 16.0 Å². The van der Waals surface area contributed by atoms with Gasteiger partial charge in [0, 0.05) is 18.1 Å². The van der Waals surface area contributed by atoms with Crippen LogP contribution in [-0.2, 0) is 0 Å². The average molecular weight is 263 g/mol. The standard InChI is InChI=1S/C14H18FN3O/c15-12-3-1-2-4-13(12)18-14(19)17-11-7-9-5-6-10(8-11)16-9/h1-4,9-11,16H,5-8H2,(H2,17,18,19). The van der Waals surface area contributed by atoms with Crippen molar-refractivity contribution < 1.29 is 9.18 Å². The molecule has 0 aliphatic carbocycles. The highest BCUT2D eigenvalue weighted by atomic mass is 19.1. The largest absolute Gasteiger partial charge is 0.335 e. The maximum Gasteiger partial charge on any atom is 0.319 e. The number of urea groups is 1. The topological polar surface area (TPSA) is 53.2 Å². The van der Waals surface area contributed by atoms with Crippen LogP contribution in [0, 0.1) is 5.82 Å². The Morgan fingerprint density at radius 3 is 2.58 bits per heavy atom. The van der Waals surface area contributed by atoms with E-state index in [1.54, 1.807) is 18.2 Å². The van der Waals surface area contributed by atoms with Crippen molar-refractivity contribution in [2.24, 2.45) is 0 Å². The van der Waals surface area contributed by atoms with Crippen LogP contribution in [0.1, 0.15) is 25.7 Å². The molecule has 1 aromatic rings. The van der Waals surface area contributed by atoms with Gasteiger partial charge in [-0.15, -0.1) is 0 Å². The molecule has 0 saturated carbocycles. The highest BCUT2D eigenvalue weighted by Crippen LogP contribution is 2.26. The second-order valence-corrected chi connectivity index (χ2v) is 5.38. The molecule has 0 aromatic heterocycles. The second kappa shape index (κ2) is 5.17. The van der Waals surface area contributed by atoms with E-state index >= 15 is 0 Å². The molecule has 1 aromatic carbocycles. The molecular weight excluding hydrogens is 245 g/mol. The summed E-state index contributed by atoms with van der Waals surface area (Å²) >= 11 is 0. The molecule has 0 radical (unpaired) electrons. The third-order valence-corrected chi connectivity index (χ3v) is 3.93. The SMILES string of the molecule is O=C(Nc1ccccc1F)NC1CC2CCC(C1)N2. The monoisotopic (exact) mass is 263 g/mol. The minimum absolute atomic E-state index is 0.186. The Bertz CT molecular complexity index is 468. The summed E-state index contributed by atoms with van der Waals surface area (Å²) in [5.74, 6) is -0.414. The Labute approximate surface area is 111 Å². The van der Waals surface area contributed by atoms with Crippen LogP contribution in [-0.4, -0.2) is 24.2 Å². The zero-order chi connectivity index (χ0) is 13.2. The van der Waals surface area contributed by atoms with Gasteiger partial charge in [0.25, 0.3) is 0 Å². The fourth-order valence-electron chi connectivity index (χ4n) is 3.08. The molecule has 2 aliphatic rings. The summed E-state index contributed by atoms with van der Waals surface area (Å²) in [5, 5.41) is 9.02. The lowest BCUT2D eigenvalue weighted by molar-refractivity contribution is 0.240. The van der Waals surface area contributed by atoms with Gasteiger partial charge in [0.05, 0.1) is 5.69 Å². The van der Waals surface area contributed by atoms with E-state index in [1.807, 2.05) is 0 Å². The first-order valence-corrected chi connectivity index (χ1v) is 6.79. The molecule has 102 valence electrons. The maximum absolute atomic E-state index is 13.4. The van der Waals surface area contributed by atoms with Crippen LogP contribution in [0.25, 0.3) is 0 Å². The number of anilines is 1. The lowest BCUT2D eigenvalue weighted by Crippen LogP contribution is -2.49. The highest BCUT2D eigenvalue weighted by molar-refractivity contribution is 5.89. The molecule has 2 fully saturated rings. The van der Waals surface area contributed by atoms with Gasteiger partial charge >= 0.3 is 6.03 Å². The number of fused-ring (bicyclic) bond motifs is 2. The fraction of sp³-hybridized carbons (Fsp3) is 0.500. The van der Waals surface area contributed by atoms with Crippen molar-refractivity contribution in [3.8, 4) is 0 Å². The van der Waals surface area contributed by atoms with Gasteiger partial charge in [-0.05, 0) is 37.8 Å². The number of piperidine rings is 1. The van der Waals surface area contributed by atoms with Crippen LogP contribution in [0.15, 0.2) is 24.3 Å². The van der Waals surface area contributed by atoms with Gasteiger partial charge in [0.2, 0.25) is 0 Å². The predicted octanol–water partition coefficient (Wildman–Crippen LogP) is 2.23. The molecule has 3 N–H and O–H groups in total. The molecule has 2 amide bonds. The Kier molecular flexibility index (Phi) is 3.38. The number of amides is 2. The summed E-state index contributed by atoms with van der Waals surface area (Å²) in [6.45, 7) is 0. The third kappa shape index (κ3) is 2.87. The van der Waals surface area contributed by atoms with Crippen molar-refractivity contribution in [2.45, 2.75) is 43.8 Å². The fourth-order valence-corrected chi connectivity index (χ4v) is 3.08. The quantitative estimate of drug-likeness (QED) is 0.766. The van der Waals surface area contributed by atoms with Crippen molar-refractivity contribution in [2.75, 3.05) is 5.32 Å². The summed E-state index contributed by atoms with van der Waals surface area (Å²) in [6.07, 6.45) is 4.30. The number of hydrogen-bond donors (Lipinski definition) is 3.